The number of rotatable bonds is 5. The van der Waals surface area contributed by atoms with Gasteiger partial charge in [0.05, 0.1) is 11.4 Å². The lowest BCUT2D eigenvalue weighted by Crippen LogP contribution is -2.30. The standard InChI is InChI=1S/C48H40N2/c1-47(2)41-16-10-11-17-45(41)50(38-14-6-5-7-15-38)46-27-21-33(29-44(46)47)19-18-32-20-25-39-40-26-24-37(31-43(40)48(3,4)42(39)28-32)49-36-23-22-34-12-8-9-13-35(34)30-36/h5-31,49H,1-4H3/b19-18+. The summed E-state index contributed by atoms with van der Waals surface area (Å²) >= 11 is 0. The number of nitrogens with zero attached hydrogens (tertiary/aromatic N) is 1. The number of benzene rings is 7. The maximum Gasteiger partial charge on any atom is 0.0503 e. The zero-order valence-electron chi connectivity index (χ0n) is 29.0. The van der Waals surface area contributed by atoms with Crippen molar-refractivity contribution in [3.8, 4) is 11.1 Å². The molecule has 7 aromatic carbocycles. The molecule has 2 heteroatoms. The molecule has 0 radical (unpaired) electrons. The Morgan fingerprint density at radius 1 is 0.440 bits per heavy atom. The van der Waals surface area contributed by atoms with Crippen LogP contribution in [0.15, 0.2) is 152 Å². The molecule has 0 aromatic heterocycles. The summed E-state index contributed by atoms with van der Waals surface area (Å²) in [5, 5.41) is 6.17. The highest BCUT2D eigenvalue weighted by atomic mass is 15.2. The second-order valence-electron chi connectivity index (χ2n) is 14.8. The lowest BCUT2D eigenvalue weighted by atomic mass is 9.73. The van der Waals surface area contributed by atoms with Gasteiger partial charge in [-0.15, -0.1) is 0 Å². The van der Waals surface area contributed by atoms with Gasteiger partial charge in [0, 0.05) is 27.9 Å². The highest BCUT2D eigenvalue weighted by Gasteiger charge is 2.37. The van der Waals surface area contributed by atoms with E-state index in [1.54, 1.807) is 0 Å². The lowest BCUT2D eigenvalue weighted by molar-refractivity contribution is 0.631. The van der Waals surface area contributed by atoms with Crippen molar-refractivity contribution in [2.24, 2.45) is 0 Å². The molecule has 7 aromatic rings. The van der Waals surface area contributed by atoms with E-state index in [9.17, 15) is 0 Å². The van der Waals surface area contributed by atoms with Crippen molar-refractivity contribution in [1.29, 1.82) is 0 Å². The molecule has 1 N–H and O–H groups in total. The van der Waals surface area contributed by atoms with Gasteiger partial charge in [0.1, 0.15) is 0 Å². The van der Waals surface area contributed by atoms with Gasteiger partial charge in [-0.2, -0.15) is 0 Å². The fraction of sp³-hybridized carbons (Fsp3) is 0.125. The molecule has 0 bridgehead atoms. The Morgan fingerprint density at radius 3 is 1.80 bits per heavy atom. The number of fused-ring (bicyclic) bond motifs is 6. The van der Waals surface area contributed by atoms with Gasteiger partial charge >= 0.3 is 0 Å². The van der Waals surface area contributed by atoms with Crippen molar-refractivity contribution in [2.45, 2.75) is 38.5 Å². The summed E-state index contributed by atoms with van der Waals surface area (Å²) in [5.74, 6) is 0. The van der Waals surface area contributed by atoms with E-state index in [1.165, 1.54) is 72.3 Å². The summed E-state index contributed by atoms with van der Waals surface area (Å²) in [5.41, 5.74) is 16.1. The molecule has 0 unspecified atom stereocenters. The fourth-order valence-corrected chi connectivity index (χ4v) is 8.24. The first kappa shape index (κ1) is 30.2. The van der Waals surface area contributed by atoms with Crippen molar-refractivity contribution < 1.29 is 0 Å². The number of nitrogens with one attached hydrogen (secondary N) is 1. The molecule has 9 rings (SSSR count). The van der Waals surface area contributed by atoms with Crippen LogP contribution in [0.4, 0.5) is 28.4 Å². The van der Waals surface area contributed by atoms with E-state index in [4.69, 9.17) is 0 Å². The minimum Gasteiger partial charge on any atom is -0.355 e. The van der Waals surface area contributed by atoms with E-state index in [2.05, 4.69) is 202 Å². The number of para-hydroxylation sites is 2. The summed E-state index contributed by atoms with van der Waals surface area (Å²) < 4.78 is 0. The first-order valence-corrected chi connectivity index (χ1v) is 17.6. The molecular weight excluding hydrogens is 605 g/mol. The first-order chi connectivity index (χ1) is 24.3. The van der Waals surface area contributed by atoms with Gasteiger partial charge < -0.3 is 10.2 Å². The topological polar surface area (TPSA) is 15.3 Å². The predicted octanol–water partition coefficient (Wildman–Crippen LogP) is 13.2. The van der Waals surface area contributed by atoms with Gasteiger partial charge in [-0.1, -0.05) is 137 Å². The zero-order chi connectivity index (χ0) is 34.0. The van der Waals surface area contributed by atoms with Crippen LogP contribution < -0.4 is 10.2 Å². The average Bonchev–Trinajstić information content (AvgIpc) is 3.36. The Bertz CT molecular complexity index is 2470. The van der Waals surface area contributed by atoms with Crippen LogP contribution in [0.25, 0.3) is 34.1 Å². The third-order valence-corrected chi connectivity index (χ3v) is 11.0. The molecule has 0 fully saturated rings. The monoisotopic (exact) mass is 644 g/mol. The Hall–Kier alpha value is -5.86. The molecule has 1 aliphatic heterocycles. The van der Waals surface area contributed by atoms with Gasteiger partial charge in [-0.25, -0.2) is 0 Å². The molecular formula is C48H40N2. The second kappa shape index (κ2) is 11.4. The normalized spacial score (nSPS) is 15.0. The molecule has 0 saturated heterocycles. The van der Waals surface area contributed by atoms with Crippen molar-refractivity contribution in [2.75, 3.05) is 10.2 Å². The Morgan fingerprint density at radius 2 is 1.00 bits per heavy atom. The molecule has 0 atom stereocenters. The maximum atomic E-state index is 3.67. The van der Waals surface area contributed by atoms with Gasteiger partial charge in [0.15, 0.2) is 0 Å². The molecule has 0 amide bonds. The van der Waals surface area contributed by atoms with Gasteiger partial charge in [-0.3, -0.25) is 0 Å². The van der Waals surface area contributed by atoms with E-state index >= 15 is 0 Å². The van der Waals surface area contributed by atoms with Crippen molar-refractivity contribution in [1.82, 2.24) is 0 Å². The fourth-order valence-electron chi connectivity index (χ4n) is 8.24. The van der Waals surface area contributed by atoms with E-state index in [-0.39, 0.29) is 10.8 Å². The zero-order valence-corrected chi connectivity index (χ0v) is 29.0. The van der Waals surface area contributed by atoms with Crippen LogP contribution in [-0.4, -0.2) is 0 Å². The SMILES string of the molecule is CC1(C)c2cc(/C=C/c3ccc4c(c3)C(C)(C)c3ccccc3N4c3ccccc3)ccc2-c2ccc(Nc3ccc4ccccc4c3)cc21. The molecule has 1 aliphatic carbocycles. The Balaban J connectivity index is 1.02. The van der Waals surface area contributed by atoms with Crippen LogP contribution in [0.2, 0.25) is 0 Å². The summed E-state index contributed by atoms with van der Waals surface area (Å²) in [6, 6.07) is 55.4. The maximum absolute atomic E-state index is 3.67. The van der Waals surface area contributed by atoms with Gasteiger partial charge in [0.2, 0.25) is 0 Å². The predicted molar refractivity (Wildman–Crippen MR) is 213 cm³/mol. The first-order valence-electron chi connectivity index (χ1n) is 17.6. The Kier molecular flexibility index (Phi) is 6.86. The highest BCUT2D eigenvalue weighted by Crippen LogP contribution is 2.52. The minimum absolute atomic E-state index is 0.111. The van der Waals surface area contributed by atoms with Crippen molar-refractivity contribution >= 4 is 51.4 Å². The summed E-state index contributed by atoms with van der Waals surface area (Å²) in [6.45, 7) is 9.41. The summed E-state index contributed by atoms with van der Waals surface area (Å²) in [7, 11) is 0. The highest BCUT2D eigenvalue weighted by molar-refractivity contribution is 5.89. The minimum atomic E-state index is -0.133. The summed E-state index contributed by atoms with van der Waals surface area (Å²) in [6.07, 6.45) is 4.54. The van der Waals surface area contributed by atoms with E-state index in [0.29, 0.717) is 0 Å². The van der Waals surface area contributed by atoms with Crippen LogP contribution in [0.3, 0.4) is 0 Å². The van der Waals surface area contributed by atoms with Crippen LogP contribution in [0.5, 0.6) is 0 Å². The van der Waals surface area contributed by atoms with Crippen molar-refractivity contribution in [3.63, 3.8) is 0 Å². The Labute approximate surface area is 295 Å². The molecule has 0 spiro atoms. The number of anilines is 5. The van der Waals surface area contributed by atoms with E-state index < -0.39 is 0 Å². The smallest absolute Gasteiger partial charge is 0.0503 e. The van der Waals surface area contributed by atoms with Crippen LogP contribution in [0.1, 0.15) is 61.1 Å². The molecule has 0 saturated carbocycles. The number of hydrogen-bond acceptors (Lipinski definition) is 2. The summed E-state index contributed by atoms with van der Waals surface area (Å²) in [4.78, 5) is 2.41. The molecule has 2 nitrogen and oxygen atoms in total. The van der Waals surface area contributed by atoms with Gasteiger partial charge in [-0.05, 0) is 110 Å². The molecule has 2 aliphatic rings. The largest absolute Gasteiger partial charge is 0.355 e. The van der Waals surface area contributed by atoms with Crippen LogP contribution >= 0.6 is 0 Å². The number of hydrogen-bond donors (Lipinski definition) is 1. The average molecular weight is 645 g/mol. The van der Waals surface area contributed by atoms with Gasteiger partial charge in [0.25, 0.3) is 0 Å². The second-order valence-corrected chi connectivity index (χ2v) is 14.8. The quantitative estimate of drug-likeness (QED) is 0.188. The van der Waals surface area contributed by atoms with Crippen molar-refractivity contribution in [3.05, 3.63) is 185 Å². The van der Waals surface area contributed by atoms with E-state index in [1.807, 2.05) is 0 Å². The lowest BCUT2D eigenvalue weighted by Gasteiger charge is -2.42. The van der Waals surface area contributed by atoms with Crippen LogP contribution in [0, 0.1) is 0 Å². The molecule has 50 heavy (non-hydrogen) atoms. The molecule has 1 heterocycles. The third-order valence-electron chi connectivity index (χ3n) is 11.0. The van der Waals surface area contributed by atoms with E-state index in [0.717, 1.165) is 11.4 Å². The third kappa shape index (κ3) is 4.86. The molecule has 242 valence electrons. The van der Waals surface area contributed by atoms with Crippen LogP contribution in [-0.2, 0) is 10.8 Å².